The SMILES string of the molecule is CCN1CCN(C(=O)c2ccc(NCc3ccc(F)cc3)cn2)CC1. The average molecular weight is 342 g/mol. The normalized spacial score (nSPS) is 15.2. The summed E-state index contributed by atoms with van der Waals surface area (Å²) in [6.45, 7) is 7.07. The predicted octanol–water partition coefficient (Wildman–Crippen LogP) is 2.61. The zero-order chi connectivity index (χ0) is 17.6. The highest BCUT2D eigenvalue weighted by Crippen LogP contribution is 2.12. The molecular weight excluding hydrogens is 319 g/mol. The summed E-state index contributed by atoms with van der Waals surface area (Å²) >= 11 is 0. The third-order valence-corrected chi connectivity index (χ3v) is 4.50. The van der Waals surface area contributed by atoms with E-state index in [9.17, 15) is 9.18 Å². The highest BCUT2D eigenvalue weighted by Gasteiger charge is 2.21. The first-order valence-electron chi connectivity index (χ1n) is 8.61. The Bertz CT molecular complexity index is 694. The van der Waals surface area contributed by atoms with Crippen LogP contribution in [0.5, 0.6) is 0 Å². The van der Waals surface area contributed by atoms with Crippen LogP contribution in [-0.2, 0) is 6.54 Å². The van der Waals surface area contributed by atoms with Gasteiger partial charge in [-0.3, -0.25) is 4.79 Å². The minimum absolute atomic E-state index is 0.0131. The monoisotopic (exact) mass is 342 g/mol. The number of likely N-dealkylation sites (N-methyl/N-ethyl adjacent to an activating group) is 1. The van der Waals surface area contributed by atoms with Gasteiger partial charge in [0.05, 0.1) is 11.9 Å². The zero-order valence-electron chi connectivity index (χ0n) is 14.4. The number of carbonyl (C=O) groups excluding carboxylic acids is 1. The van der Waals surface area contributed by atoms with Crippen molar-refractivity contribution in [2.75, 3.05) is 38.0 Å². The smallest absolute Gasteiger partial charge is 0.272 e. The maximum atomic E-state index is 12.9. The van der Waals surface area contributed by atoms with Crippen molar-refractivity contribution in [2.45, 2.75) is 13.5 Å². The summed E-state index contributed by atoms with van der Waals surface area (Å²) < 4.78 is 12.9. The molecule has 1 aliphatic rings. The highest BCUT2D eigenvalue weighted by molar-refractivity contribution is 5.92. The van der Waals surface area contributed by atoms with Crippen molar-refractivity contribution in [3.63, 3.8) is 0 Å². The molecule has 2 heterocycles. The van der Waals surface area contributed by atoms with Gasteiger partial charge in [-0.1, -0.05) is 19.1 Å². The Morgan fingerprint density at radius 2 is 1.84 bits per heavy atom. The van der Waals surface area contributed by atoms with Crippen molar-refractivity contribution in [1.82, 2.24) is 14.8 Å². The van der Waals surface area contributed by atoms with Crippen LogP contribution in [0.3, 0.4) is 0 Å². The number of pyridine rings is 1. The van der Waals surface area contributed by atoms with E-state index in [4.69, 9.17) is 0 Å². The van der Waals surface area contributed by atoms with E-state index in [1.165, 1.54) is 12.1 Å². The molecule has 1 saturated heterocycles. The van der Waals surface area contributed by atoms with E-state index >= 15 is 0 Å². The highest BCUT2D eigenvalue weighted by atomic mass is 19.1. The summed E-state index contributed by atoms with van der Waals surface area (Å²) in [5.41, 5.74) is 2.28. The van der Waals surface area contributed by atoms with Crippen LogP contribution in [0.1, 0.15) is 23.0 Å². The second kappa shape index (κ2) is 8.07. The van der Waals surface area contributed by atoms with Crippen molar-refractivity contribution in [3.05, 3.63) is 59.7 Å². The fourth-order valence-corrected chi connectivity index (χ4v) is 2.86. The Morgan fingerprint density at radius 3 is 2.44 bits per heavy atom. The molecule has 0 bridgehead atoms. The molecule has 25 heavy (non-hydrogen) atoms. The molecule has 0 saturated carbocycles. The molecular formula is C19H23FN4O. The van der Waals surface area contributed by atoms with Crippen molar-refractivity contribution in [2.24, 2.45) is 0 Å². The second-order valence-corrected chi connectivity index (χ2v) is 6.14. The van der Waals surface area contributed by atoms with Gasteiger partial charge in [-0.2, -0.15) is 0 Å². The lowest BCUT2D eigenvalue weighted by molar-refractivity contribution is 0.0637. The quantitative estimate of drug-likeness (QED) is 0.907. The van der Waals surface area contributed by atoms with Crippen LogP contribution in [0, 0.1) is 5.82 Å². The second-order valence-electron chi connectivity index (χ2n) is 6.14. The van der Waals surface area contributed by atoms with E-state index in [-0.39, 0.29) is 11.7 Å². The van der Waals surface area contributed by atoms with E-state index in [1.807, 2.05) is 11.0 Å². The van der Waals surface area contributed by atoms with Gasteiger partial charge in [-0.25, -0.2) is 9.37 Å². The van der Waals surface area contributed by atoms with Crippen LogP contribution in [0.2, 0.25) is 0 Å². The van der Waals surface area contributed by atoms with Gasteiger partial charge in [0.15, 0.2) is 0 Å². The van der Waals surface area contributed by atoms with Gasteiger partial charge in [0, 0.05) is 32.7 Å². The number of nitrogens with zero attached hydrogens (tertiary/aromatic N) is 3. The topological polar surface area (TPSA) is 48.5 Å². The molecule has 5 nitrogen and oxygen atoms in total. The van der Waals surface area contributed by atoms with Crippen molar-refractivity contribution in [1.29, 1.82) is 0 Å². The van der Waals surface area contributed by atoms with Crippen LogP contribution in [0.4, 0.5) is 10.1 Å². The van der Waals surface area contributed by atoms with Crippen LogP contribution in [-0.4, -0.2) is 53.4 Å². The number of nitrogens with one attached hydrogen (secondary N) is 1. The van der Waals surface area contributed by atoms with E-state index in [0.29, 0.717) is 12.2 Å². The lowest BCUT2D eigenvalue weighted by Crippen LogP contribution is -2.48. The molecule has 0 atom stereocenters. The summed E-state index contributed by atoms with van der Waals surface area (Å²) in [5.74, 6) is -0.256. The fourth-order valence-electron chi connectivity index (χ4n) is 2.86. The number of halogens is 1. The molecule has 1 aliphatic heterocycles. The zero-order valence-corrected chi connectivity index (χ0v) is 14.4. The number of rotatable bonds is 5. The molecule has 6 heteroatoms. The Kier molecular flexibility index (Phi) is 5.60. The largest absolute Gasteiger partial charge is 0.380 e. The molecule has 1 amide bonds. The number of anilines is 1. The Hall–Kier alpha value is -2.47. The first-order chi connectivity index (χ1) is 12.2. The Labute approximate surface area is 147 Å². The molecule has 1 aromatic heterocycles. The summed E-state index contributed by atoms with van der Waals surface area (Å²) in [4.78, 5) is 21.0. The standard InChI is InChI=1S/C19H23FN4O/c1-2-23-9-11-24(12-10-23)19(25)18-8-7-17(14-22-18)21-13-15-3-5-16(20)6-4-15/h3-8,14,21H,2,9-13H2,1H3. The minimum Gasteiger partial charge on any atom is -0.380 e. The van der Waals surface area contributed by atoms with E-state index in [2.05, 4.69) is 22.1 Å². The first kappa shape index (κ1) is 17.4. The molecule has 0 aliphatic carbocycles. The van der Waals surface area contributed by atoms with Gasteiger partial charge >= 0.3 is 0 Å². The molecule has 132 valence electrons. The van der Waals surface area contributed by atoms with Gasteiger partial charge in [0.2, 0.25) is 0 Å². The van der Waals surface area contributed by atoms with Gasteiger partial charge in [0.1, 0.15) is 11.5 Å². The van der Waals surface area contributed by atoms with Crippen LogP contribution in [0.25, 0.3) is 0 Å². The summed E-state index contributed by atoms with van der Waals surface area (Å²) in [5, 5.41) is 3.22. The number of benzene rings is 1. The third kappa shape index (κ3) is 4.54. The third-order valence-electron chi connectivity index (χ3n) is 4.50. The average Bonchev–Trinajstić information content (AvgIpc) is 2.67. The number of amides is 1. The van der Waals surface area contributed by atoms with Gasteiger partial charge in [-0.15, -0.1) is 0 Å². The Balaban J connectivity index is 1.54. The van der Waals surface area contributed by atoms with E-state index < -0.39 is 0 Å². The number of carbonyl (C=O) groups is 1. The summed E-state index contributed by atoms with van der Waals surface area (Å²) in [6.07, 6.45) is 1.67. The number of hydrogen-bond donors (Lipinski definition) is 1. The predicted molar refractivity (Wildman–Crippen MR) is 96.0 cm³/mol. The van der Waals surface area contributed by atoms with Crippen molar-refractivity contribution < 1.29 is 9.18 Å². The maximum Gasteiger partial charge on any atom is 0.272 e. The lowest BCUT2D eigenvalue weighted by atomic mass is 10.2. The molecule has 2 aromatic rings. The van der Waals surface area contributed by atoms with Crippen LogP contribution >= 0.6 is 0 Å². The molecule has 0 unspecified atom stereocenters. The van der Waals surface area contributed by atoms with Gasteiger partial charge < -0.3 is 15.1 Å². The summed E-state index contributed by atoms with van der Waals surface area (Å²) in [7, 11) is 0. The van der Waals surface area contributed by atoms with Crippen LogP contribution < -0.4 is 5.32 Å². The van der Waals surface area contributed by atoms with E-state index in [0.717, 1.165) is 44.0 Å². The van der Waals surface area contributed by atoms with Crippen molar-refractivity contribution in [3.8, 4) is 0 Å². The molecule has 1 N–H and O–H groups in total. The van der Waals surface area contributed by atoms with Crippen molar-refractivity contribution >= 4 is 11.6 Å². The minimum atomic E-state index is -0.243. The molecule has 0 spiro atoms. The van der Waals surface area contributed by atoms with Gasteiger partial charge in [0.25, 0.3) is 5.91 Å². The number of hydrogen-bond acceptors (Lipinski definition) is 4. The number of aromatic nitrogens is 1. The lowest BCUT2D eigenvalue weighted by Gasteiger charge is -2.33. The Morgan fingerprint density at radius 1 is 1.12 bits per heavy atom. The summed E-state index contributed by atoms with van der Waals surface area (Å²) in [6, 6.07) is 9.96. The first-order valence-corrected chi connectivity index (χ1v) is 8.61. The van der Waals surface area contributed by atoms with E-state index in [1.54, 1.807) is 24.4 Å². The molecule has 1 aromatic carbocycles. The maximum absolute atomic E-state index is 12.9. The van der Waals surface area contributed by atoms with Crippen LogP contribution in [0.15, 0.2) is 42.6 Å². The molecule has 3 rings (SSSR count). The molecule has 0 radical (unpaired) electrons. The fraction of sp³-hybridized carbons (Fsp3) is 0.368. The molecule has 1 fully saturated rings. The van der Waals surface area contributed by atoms with Gasteiger partial charge in [-0.05, 0) is 36.4 Å². The number of piperazine rings is 1.